The molecule has 0 saturated carbocycles. The monoisotopic (exact) mass is 469 g/mol. The molecule has 0 aromatic rings. The van der Waals surface area contributed by atoms with E-state index in [1.165, 1.54) is 0 Å². The molecule has 29 heavy (non-hydrogen) atoms. The van der Waals surface area contributed by atoms with Crippen molar-refractivity contribution in [2.45, 2.75) is 46.0 Å². The van der Waals surface area contributed by atoms with Crippen molar-refractivity contribution in [1.29, 1.82) is 0 Å². The number of rotatable bonds is 11. The number of halogens is 3. The molecule has 1 unspecified atom stereocenters. The smallest absolute Gasteiger partial charge is 0.475 e. The second-order valence-electron chi connectivity index (χ2n) is 5.18. The van der Waals surface area contributed by atoms with Crippen LogP contribution in [0.1, 0.15) is 27.7 Å². The van der Waals surface area contributed by atoms with Gasteiger partial charge in [-0.1, -0.05) is 11.4 Å². The van der Waals surface area contributed by atoms with Crippen molar-refractivity contribution in [3.63, 3.8) is 0 Å². The summed E-state index contributed by atoms with van der Waals surface area (Å²) in [6.45, 7) is 3.99. The molecule has 0 aromatic heterocycles. The minimum atomic E-state index is -5.08. The Labute approximate surface area is 170 Å². The highest BCUT2D eigenvalue weighted by molar-refractivity contribution is 8.56. The third-order valence-electron chi connectivity index (χ3n) is 2.64. The summed E-state index contributed by atoms with van der Waals surface area (Å²) in [5, 5.41) is 12.5. The molecule has 0 heterocycles. The fourth-order valence-corrected chi connectivity index (χ4v) is 5.74. The van der Waals surface area contributed by atoms with Crippen molar-refractivity contribution < 1.29 is 46.7 Å². The normalized spacial score (nSPS) is 15.2. The summed E-state index contributed by atoms with van der Waals surface area (Å²) in [6.07, 6.45) is -5.08. The van der Waals surface area contributed by atoms with E-state index in [1.807, 2.05) is 0 Å². The summed E-state index contributed by atoms with van der Waals surface area (Å²) in [5.74, 6) is -3.38. The molecule has 0 spiro atoms. The highest BCUT2D eigenvalue weighted by Crippen LogP contribution is 2.51. The molecule has 0 radical (unpaired) electrons. The molecule has 5 N–H and O–H groups in total. The third-order valence-corrected chi connectivity index (χ3v) is 7.15. The summed E-state index contributed by atoms with van der Waals surface area (Å²) in [7, 11) is 0. The lowest BCUT2D eigenvalue weighted by Gasteiger charge is -2.25. The minimum Gasteiger partial charge on any atom is -0.475 e. The van der Waals surface area contributed by atoms with Crippen LogP contribution in [0.2, 0.25) is 0 Å². The maximum Gasteiger partial charge on any atom is 0.490 e. The number of carbonyl (C=O) groups excluding carboxylic acids is 2. The molecule has 0 aliphatic heterocycles. The predicted octanol–water partition coefficient (Wildman–Crippen LogP) is 1.50. The van der Waals surface area contributed by atoms with Gasteiger partial charge in [0.05, 0.1) is 13.2 Å². The molecule has 0 aliphatic carbocycles. The van der Waals surface area contributed by atoms with E-state index in [0.717, 1.165) is 11.4 Å². The lowest BCUT2D eigenvalue weighted by Crippen LogP contribution is -2.41. The lowest BCUT2D eigenvalue weighted by atomic mass is 10.4. The topological polar surface area (TPSA) is 157 Å². The molecular weight excluding hydrogens is 442 g/mol. The van der Waals surface area contributed by atoms with Crippen LogP contribution in [0.5, 0.6) is 0 Å². The van der Waals surface area contributed by atoms with Gasteiger partial charge in [-0.2, -0.15) is 13.2 Å². The van der Waals surface area contributed by atoms with Crippen molar-refractivity contribution in [1.82, 2.24) is 10.2 Å². The van der Waals surface area contributed by atoms with Crippen LogP contribution < -0.4 is 15.9 Å². The van der Waals surface area contributed by atoms with Crippen molar-refractivity contribution in [3.05, 3.63) is 0 Å². The van der Waals surface area contributed by atoms with Gasteiger partial charge in [0.15, 0.2) is 0 Å². The highest BCUT2D eigenvalue weighted by Gasteiger charge is 2.38. The summed E-state index contributed by atoms with van der Waals surface area (Å²) in [6, 6.07) is -1.56. The van der Waals surface area contributed by atoms with E-state index in [9.17, 15) is 27.3 Å². The summed E-state index contributed by atoms with van der Waals surface area (Å²) >= 11 is 1.04. The van der Waals surface area contributed by atoms with Crippen molar-refractivity contribution >= 4 is 35.9 Å². The van der Waals surface area contributed by atoms with Crippen LogP contribution in [0.25, 0.3) is 0 Å². The van der Waals surface area contributed by atoms with E-state index < -0.39 is 42.8 Å². The van der Waals surface area contributed by atoms with E-state index in [4.69, 9.17) is 25.1 Å². The SMILES string of the molecule is CCOC(=O)[C@H](C)NP(=O)(N[C@H](C)C(=O)OCC)SCCN.O=C(O)C(F)(F)F. The van der Waals surface area contributed by atoms with Crippen LogP contribution in [0, 0.1) is 0 Å². The van der Waals surface area contributed by atoms with Gasteiger partial charge in [-0.15, -0.1) is 0 Å². The van der Waals surface area contributed by atoms with Crippen LogP contribution in [0.4, 0.5) is 13.2 Å². The molecule has 0 rings (SSSR count). The molecule has 0 fully saturated rings. The van der Waals surface area contributed by atoms with Gasteiger partial charge in [-0.25, -0.2) is 15.0 Å². The summed E-state index contributed by atoms with van der Waals surface area (Å²) in [4.78, 5) is 32.2. The van der Waals surface area contributed by atoms with Gasteiger partial charge in [0.25, 0.3) is 6.65 Å². The molecule has 0 aliphatic rings. The quantitative estimate of drug-likeness (QED) is 0.257. The van der Waals surface area contributed by atoms with E-state index in [0.29, 0.717) is 12.3 Å². The van der Waals surface area contributed by atoms with E-state index in [2.05, 4.69) is 10.2 Å². The maximum absolute atomic E-state index is 12.9. The second-order valence-corrected chi connectivity index (χ2v) is 9.79. The first kappa shape index (κ1) is 29.9. The van der Waals surface area contributed by atoms with Crippen LogP contribution in [0.3, 0.4) is 0 Å². The Bertz CT molecular complexity index is 551. The Balaban J connectivity index is 0. The lowest BCUT2D eigenvalue weighted by molar-refractivity contribution is -0.192. The number of ether oxygens (including phenoxy) is 2. The van der Waals surface area contributed by atoms with Gasteiger partial charge >= 0.3 is 24.1 Å². The zero-order chi connectivity index (χ0) is 23.3. The van der Waals surface area contributed by atoms with Gasteiger partial charge in [-0.05, 0) is 27.7 Å². The van der Waals surface area contributed by atoms with Gasteiger partial charge in [-0.3, -0.25) is 14.2 Å². The van der Waals surface area contributed by atoms with E-state index in [1.54, 1.807) is 27.7 Å². The Morgan fingerprint density at radius 2 is 1.41 bits per heavy atom. The van der Waals surface area contributed by atoms with Crippen LogP contribution >= 0.6 is 18.0 Å². The number of carboxylic acids is 1. The number of esters is 2. The first-order valence-corrected chi connectivity index (χ1v) is 11.7. The molecule has 0 bridgehead atoms. The molecule has 0 saturated heterocycles. The molecule has 15 heteroatoms. The van der Waals surface area contributed by atoms with Gasteiger partial charge in [0, 0.05) is 12.3 Å². The average molecular weight is 469 g/mol. The highest BCUT2D eigenvalue weighted by atomic mass is 32.7. The van der Waals surface area contributed by atoms with Crippen LogP contribution in [-0.4, -0.2) is 66.8 Å². The molecule has 172 valence electrons. The van der Waals surface area contributed by atoms with E-state index in [-0.39, 0.29) is 13.2 Å². The minimum absolute atomic E-state index is 0.234. The average Bonchev–Trinajstić information content (AvgIpc) is 2.60. The molecule has 0 aromatic carbocycles. The van der Waals surface area contributed by atoms with Gasteiger partial charge in [0.2, 0.25) is 0 Å². The third kappa shape index (κ3) is 14.3. The maximum atomic E-state index is 12.9. The molecule has 0 amide bonds. The Hall–Kier alpha value is -1.34. The molecular formula is C14H27F3N3O7PS. The fourth-order valence-electron chi connectivity index (χ4n) is 1.44. The number of alkyl halides is 3. The van der Waals surface area contributed by atoms with Gasteiger partial charge < -0.3 is 20.3 Å². The van der Waals surface area contributed by atoms with Crippen molar-refractivity contribution in [3.8, 4) is 0 Å². The number of aliphatic carboxylic acids is 1. The van der Waals surface area contributed by atoms with Crippen LogP contribution in [0.15, 0.2) is 0 Å². The largest absolute Gasteiger partial charge is 0.490 e. The standard InChI is InChI=1S/C12H26N3O5PS.C2HF3O2/c1-5-19-11(16)9(3)14-21(18,22-8-7-13)15-10(4)12(17)20-6-2;3-2(4,5)1(6)7/h9-10H,5-8,13H2,1-4H3,(H2,14,15,18);(H,6,7)/t9-,10+,21?;. The number of nitrogens with one attached hydrogen (secondary N) is 2. The Morgan fingerprint density at radius 3 is 1.66 bits per heavy atom. The van der Waals surface area contributed by atoms with Crippen molar-refractivity contribution in [2.24, 2.45) is 5.73 Å². The van der Waals surface area contributed by atoms with Crippen molar-refractivity contribution in [2.75, 3.05) is 25.5 Å². The number of nitrogens with two attached hydrogens (primary N) is 1. The number of carboxylic acid groups (broad SMARTS) is 1. The van der Waals surface area contributed by atoms with Crippen LogP contribution in [-0.2, 0) is 28.4 Å². The Morgan fingerprint density at radius 1 is 1.07 bits per heavy atom. The Kier molecular flexibility index (Phi) is 15.0. The predicted molar refractivity (Wildman–Crippen MR) is 101 cm³/mol. The number of hydrogen-bond donors (Lipinski definition) is 4. The summed E-state index contributed by atoms with van der Waals surface area (Å²) in [5.41, 5.74) is 5.43. The number of carbonyl (C=O) groups is 3. The van der Waals surface area contributed by atoms with Gasteiger partial charge in [0.1, 0.15) is 12.1 Å². The fraction of sp³-hybridized carbons (Fsp3) is 0.786. The zero-order valence-corrected chi connectivity index (χ0v) is 18.2. The molecule has 3 atom stereocenters. The van der Waals surface area contributed by atoms with E-state index >= 15 is 0 Å². The summed E-state index contributed by atoms with van der Waals surface area (Å²) < 4.78 is 54.4. The second kappa shape index (κ2) is 14.6. The zero-order valence-electron chi connectivity index (χ0n) is 16.4. The first-order valence-electron chi connectivity index (χ1n) is 8.37. The molecule has 10 nitrogen and oxygen atoms in total. The first-order chi connectivity index (χ1) is 13.2. The number of hydrogen-bond acceptors (Lipinski definition) is 8.